The van der Waals surface area contributed by atoms with Crippen LogP contribution in [-0.2, 0) is 13.0 Å². The predicted molar refractivity (Wildman–Crippen MR) is 77.9 cm³/mol. The van der Waals surface area contributed by atoms with Crippen molar-refractivity contribution in [1.29, 1.82) is 0 Å². The van der Waals surface area contributed by atoms with Crippen molar-refractivity contribution < 1.29 is 0 Å². The van der Waals surface area contributed by atoms with E-state index in [1.807, 2.05) is 17.0 Å². The number of aromatic nitrogens is 5. The zero-order valence-electron chi connectivity index (χ0n) is 11.1. The molecule has 3 aromatic rings. The monoisotopic (exact) mass is 286 g/mol. The largest absolute Gasteiger partial charge is 0.365 e. The van der Waals surface area contributed by atoms with Crippen molar-refractivity contribution >= 4 is 27.4 Å². The molecule has 0 fully saturated rings. The summed E-state index contributed by atoms with van der Waals surface area (Å²) < 4.78 is 2.00. The first-order valence-corrected chi connectivity index (χ1v) is 7.52. The van der Waals surface area contributed by atoms with E-state index in [0.717, 1.165) is 47.1 Å². The molecule has 0 aromatic carbocycles. The van der Waals surface area contributed by atoms with Crippen LogP contribution in [0.15, 0.2) is 17.8 Å². The number of hydrogen-bond acceptors (Lipinski definition) is 6. The normalized spacial score (nSPS) is 18.1. The number of nitrogens with one attached hydrogen (secondary N) is 1. The van der Waals surface area contributed by atoms with Crippen LogP contribution in [0.4, 0.5) is 5.82 Å². The highest BCUT2D eigenvalue weighted by Gasteiger charge is 2.21. The number of nitrogens with zero attached hydrogens (tertiary/aromatic N) is 5. The molecule has 1 atom stereocenters. The van der Waals surface area contributed by atoms with E-state index in [0.29, 0.717) is 6.04 Å². The third-order valence-electron chi connectivity index (χ3n) is 3.57. The fraction of sp³-hybridized carbons (Fsp3) is 0.385. The first kappa shape index (κ1) is 11.8. The van der Waals surface area contributed by atoms with Crippen molar-refractivity contribution in [2.45, 2.75) is 32.4 Å². The second-order valence-electron chi connectivity index (χ2n) is 5.00. The van der Waals surface area contributed by atoms with Crippen molar-refractivity contribution in [3.8, 4) is 0 Å². The lowest BCUT2D eigenvalue weighted by molar-refractivity contribution is 0.440. The van der Waals surface area contributed by atoms with Crippen LogP contribution in [0.2, 0.25) is 0 Å². The lowest BCUT2D eigenvalue weighted by atomic mass is 10.1. The third kappa shape index (κ3) is 1.94. The molecule has 102 valence electrons. The molecular weight excluding hydrogens is 272 g/mol. The fourth-order valence-corrected chi connectivity index (χ4v) is 3.38. The molecule has 0 radical (unpaired) electrons. The topological polar surface area (TPSA) is 68.5 Å². The Kier molecular flexibility index (Phi) is 2.66. The van der Waals surface area contributed by atoms with E-state index in [1.54, 1.807) is 17.7 Å². The van der Waals surface area contributed by atoms with E-state index in [9.17, 15) is 0 Å². The van der Waals surface area contributed by atoms with Crippen LogP contribution in [0, 0.1) is 6.92 Å². The number of thiophene rings is 1. The van der Waals surface area contributed by atoms with Gasteiger partial charge in [-0.05, 0) is 24.8 Å². The zero-order valence-corrected chi connectivity index (χ0v) is 11.9. The van der Waals surface area contributed by atoms with Crippen LogP contribution >= 0.6 is 11.3 Å². The second-order valence-corrected chi connectivity index (χ2v) is 5.89. The minimum absolute atomic E-state index is 0.335. The molecule has 0 amide bonds. The molecule has 0 spiro atoms. The summed E-state index contributed by atoms with van der Waals surface area (Å²) >= 11 is 1.64. The van der Waals surface area contributed by atoms with Crippen molar-refractivity contribution in [3.63, 3.8) is 0 Å². The summed E-state index contributed by atoms with van der Waals surface area (Å²) in [6, 6.07) is 2.40. The smallest absolute Gasteiger partial charge is 0.147 e. The highest BCUT2D eigenvalue weighted by atomic mass is 32.1. The maximum Gasteiger partial charge on any atom is 0.147 e. The molecule has 0 saturated heterocycles. The third-order valence-corrected chi connectivity index (χ3v) is 4.39. The quantitative estimate of drug-likeness (QED) is 0.780. The van der Waals surface area contributed by atoms with E-state index >= 15 is 0 Å². The molecule has 4 rings (SSSR count). The average molecular weight is 286 g/mol. The Morgan fingerprint density at radius 2 is 2.35 bits per heavy atom. The van der Waals surface area contributed by atoms with Gasteiger partial charge in [-0.15, -0.1) is 11.3 Å². The zero-order chi connectivity index (χ0) is 13.5. The van der Waals surface area contributed by atoms with Gasteiger partial charge in [-0.1, -0.05) is 0 Å². The van der Waals surface area contributed by atoms with Gasteiger partial charge in [0.15, 0.2) is 0 Å². The predicted octanol–water partition coefficient (Wildman–Crippen LogP) is 2.02. The van der Waals surface area contributed by atoms with Crippen molar-refractivity contribution in [3.05, 3.63) is 29.4 Å². The molecule has 0 saturated carbocycles. The van der Waals surface area contributed by atoms with Gasteiger partial charge in [0.1, 0.15) is 28.6 Å². The van der Waals surface area contributed by atoms with E-state index in [4.69, 9.17) is 0 Å². The van der Waals surface area contributed by atoms with Gasteiger partial charge in [-0.3, -0.25) is 0 Å². The lowest BCUT2D eigenvalue weighted by Crippen LogP contribution is -2.32. The van der Waals surface area contributed by atoms with Gasteiger partial charge in [-0.2, -0.15) is 5.10 Å². The number of fused-ring (bicyclic) bond motifs is 2. The Hall–Kier alpha value is -2.02. The molecule has 1 unspecified atom stereocenters. The summed E-state index contributed by atoms with van der Waals surface area (Å²) in [5, 5.41) is 11.1. The maximum atomic E-state index is 4.43. The Morgan fingerprint density at radius 1 is 1.40 bits per heavy atom. The molecular formula is C13H14N6S. The van der Waals surface area contributed by atoms with Gasteiger partial charge in [-0.25, -0.2) is 19.6 Å². The standard InChI is InChI=1S/C13H14N6S/c1-8-16-11-3-2-9(6-19(11)18-8)17-12-10-4-5-20-13(10)15-7-14-12/h4-5,7,9H,2-3,6H2,1H3,(H,14,15,17). The number of anilines is 1. The van der Waals surface area contributed by atoms with Crippen molar-refractivity contribution in [2.24, 2.45) is 0 Å². The Labute approximate surface area is 119 Å². The molecule has 20 heavy (non-hydrogen) atoms. The van der Waals surface area contributed by atoms with Gasteiger partial charge >= 0.3 is 0 Å². The van der Waals surface area contributed by atoms with Crippen molar-refractivity contribution in [1.82, 2.24) is 24.7 Å². The summed E-state index contributed by atoms with van der Waals surface area (Å²) in [5.41, 5.74) is 0. The lowest BCUT2D eigenvalue weighted by Gasteiger charge is -2.24. The van der Waals surface area contributed by atoms with Gasteiger partial charge < -0.3 is 5.32 Å². The summed E-state index contributed by atoms with van der Waals surface area (Å²) in [6.07, 6.45) is 3.62. The van der Waals surface area contributed by atoms with E-state index in [1.165, 1.54) is 0 Å². The first-order chi connectivity index (χ1) is 9.79. The summed E-state index contributed by atoms with van der Waals surface area (Å²) in [7, 11) is 0. The number of hydrogen-bond donors (Lipinski definition) is 1. The summed E-state index contributed by atoms with van der Waals surface area (Å²) in [5.74, 6) is 2.85. The summed E-state index contributed by atoms with van der Waals surface area (Å²) in [4.78, 5) is 14.1. The summed E-state index contributed by atoms with van der Waals surface area (Å²) in [6.45, 7) is 2.78. The van der Waals surface area contributed by atoms with Crippen LogP contribution in [0.25, 0.3) is 10.2 Å². The van der Waals surface area contributed by atoms with E-state index in [-0.39, 0.29) is 0 Å². The van der Waals surface area contributed by atoms with Crippen LogP contribution in [0.1, 0.15) is 18.1 Å². The molecule has 7 heteroatoms. The Balaban J connectivity index is 1.60. The number of aryl methyl sites for hydroxylation is 2. The Morgan fingerprint density at radius 3 is 3.30 bits per heavy atom. The van der Waals surface area contributed by atoms with Crippen LogP contribution < -0.4 is 5.32 Å². The SMILES string of the molecule is Cc1nc2n(n1)CC(Nc1ncnc3sccc13)CC2. The molecule has 6 nitrogen and oxygen atoms in total. The minimum Gasteiger partial charge on any atom is -0.365 e. The van der Waals surface area contributed by atoms with Gasteiger partial charge in [0.25, 0.3) is 0 Å². The van der Waals surface area contributed by atoms with Gasteiger partial charge in [0.2, 0.25) is 0 Å². The fourth-order valence-electron chi connectivity index (χ4n) is 2.65. The number of rotatable bonds is 2. The minimum atomic E-state index is 0.335. The molecule has 0 bridgehead atoms. The Bertz CT molecular complexity index is 761. The highest BCUT2D eigenvalue weighted by molar-refractivity contribution is 7.16. The van der Waals surface area contributed by atoms with E-state index in [2.05, 4.69) is 31.4 Å². The molecule has 1 N–H and O–H groups in total. The molecule has 3 aromatic heterocycles. The van der Waals surface area contributed by atoms with Crippen LogP contribution in [0.3, 0.4) is 0 Å². The first-order valence-electron chi connectivity index (χ1n) is 6.64. The van der Waals surface area contributed by atoms with E-state index < -0.39 is 0 Å². The average Bonchev–Trinajstić information content (AvgIpc) is 3.03. The molecule has 1 aliphatic heterocycles. The molecule has 0 aliphatic carbocycles. The van der Waals surface area contributed by atoms with Crippen LogP contribution in [0.5, 0.6) is 0 Å². The van der Waals surface area contributed by atoms with Crippen molar-refractivity contribution in [2.75, 3.05) is 5.32 Å². The van der Waals surface area contributed by atoms with Crippen LogP contribution in [-0.4, -0.2) is 30.8 Å². The maximum absolute atomic E-state index is 4.43. The second kappa shape index (κ2) is 4.52. The molecule has 4 heterocycles. The van der Waals surface area contributed by atoms with Gasteiger partial charge in [0.05, 0.1) is 11.9 Å². The van der Waals surface area contributed by atoms with Gasteiger partial charge in [0, 0.05) is 12.5 Å². The molecule has 1 aliphatic rings. The highest BCUT2D eigenvalue weighted by Crippen LogP contribution is 2.25.